The molecule has 1 atom stereocenters. The van der Waals surface area contributed by atoms with Crippen molar-refractivity contribution in [3.05, 3.63) is 95.6 Å². The highest BCUT2D eigenvalue weighted by molar-refractivity contribution is 7.92. The molecule has 2 amide bonds. The first-order valence-corrected chi connectivity index (χ1v) is 12.8. The molecule has 0 aliphatic carbocycles. The van der Waals surface area contributed by atoms with Crippen molar-refractivity contribution in [3.63, 3.8) is 0 Å². The molecule has 0 aliphatic heterocycles. The summed E-state index contributed by atoms with van der Waals surface area (Å²) in [6.45, 7) is 5.17. The fraction of sp³-hybridized carbons (Fsp3) is 0.259. The third-order valence-electron chi connectivity index (χ3n) is 5.79. The molecule has 3 aromatic rings. The third-order valence-corrected chi connectivity index (χ3v) is 7.58. The van der Waals surface area contributed by atoms with Crippen molar-refractivity contribution in [2.45, 2.75) is 38.3 Å². The van der Waals surface area contributed by atoms with Crippen molar-refractivity contribution in [2.75, 3.05) is 17.9 Å². The van der Waals surface area contributed by atoms with Crippen molar-refractivity contribution >= 4 is 27.5 Å². The van der Waals surface area contributed by atoms with E-state index in [1.165, 1.54) is 24.1 Å². The highest BCUT2D eigenvalue weighted by Crippen LogP contribution is 2.25. The van der Waals surface area contributed by atoms with Gasteiger partial charge in [0.05, 0.1) is 10.6 Å². The zero-order valence-corrected chi connectivity index (χ0v) is 21.2. The van der Waals surface area contributed by atoms with Crippen molar-refractivity contribution in [3.8, 4) is 0 Å². The van der Waals surface area contributed by atoms with E-state index in [-0.39, 0.29) is 17.3 Å². The topological polar surface area (TPSA) is 86.8 Å². The minimum absolute atomic E-state index is 0.0822. The lowest BCUT2D eigenvalue weighted by Gasteiger charge is -2.32. The third kappa shape index (κ3) is 6.27. The van der Waals surface area contributed by atoms with E-state index in [0.717, 1.165) is 21.0 Å². The molecule has 0 bridgehead atoms. The van der Waals surface area contributed by atoms with Crippen LogP contribution in [-0.2, 0) is 26.2 Å². The highest BCUT2D eigenvalue weighted by Gasteiger charge is 2.32. The van der Waals surface area contributed by atoms with Crippen LogP contribution >= 0.6 is 0 Å². The normalized spacial score (nSPS) is 12.0. The molecular weight excluding hydrogens is 462 g/mol. The second-order valence-corrected chi connectivity index (χ2v) is 10.3. The zero-order chi connectivity index (χ0) is 25.6. The van der Waals surface area contributed by atoms with Crippen LogP contribution in [0, 0.1) is 13.8 Å². The molecule has 0 unspecified atom stereocenters. The number of benzene rings is 3. The summed E-state index contributed by atoms with van der Waals surface area (Å²) in [4.78, 5) is 27.6. The number of anilines is 1. The summed E-state index contributed by atoms with van der Waals surface area (Å²) in [5.41, 5.74) is 3.15. The molecule has 1 N–H and O–H groups in total. The van der Waals surface area contributed by atoms with E-state index < -0.39 is 28.5 Å². The van der Waals surface area contributed by atoms with Gasteiger partial charge in [0, 0.05) is 13.6 Å². The Bertz CT molecular complexity index is 1280. The quantitative estimate of drug-likeness (QED) is 0.493. The van der Waals surface area contributed by atoms with Gasteiger partial charge >= 0.3 is 0 Å². The second kappa shape index (κ2) is 11.2. The number of carbonyl (C=O) groups is 2. The Morgan fingerprint density at radius 1 is 0.886 bits per heavy atom. The van der Waals surface area contributed by atoms with E-state index in [2.05, 4.69) is 5.32 Å². The predicted octanol–water partition coefficient (Wildman–Crippen LogP) is 3.66. The first kappa shape index (κ1) is 26.0. The Labute approximate surface area is 207 Å². The molecular formula is C27H31N3O4S. The summed E-state index contributed by atoms with van der Waals surface area (Å²) in [6, 6.07) is 21.9. The molecule has 0 aromatic heterocycles. The van der Waals surface area contributed by atoms with Gasteiger partial charge in [0.1, 0.15) is 12.6 Å². The summed E-state index contributed by atoms with van der Waals surface area (Å²) >= 11 is 0. The van der Waals surface area contributed by atoms with Gasteiger partial charge in [-0.2, -0.15) is 0 Å². The van der Waals surface area contributed by atoms with Crippen LogP contribution in [0.1, 0.15) is 23.6 Å². The van der Waals surface area contributed by atoms with E-state index in [1.54, 1.807) is 43.3 Å². The summed E-state index contributed by atoms with van der Waals surface area (Å²) < 4.78 is 28.4. The minimum Gasteiger partial charge on any atom is -0.357 e. The Morgan fingerprint density at radius 2 is 1.54 bits per heavy atom. The molecule has 184 valence electrons. The molecule has 35 heavy (non-hydrogen) atoms. The SMILES string of the molecule is CNC(=O)[C@H](C)N(Cc1ccc(C)cc1)C(=O)CN(c1cccc(C)c1)S(=O)(=O)c1ccccc1. The minimum atomic E-state index is -4.04. The first-order chi connectivity index (χ1) is 16.6. The van der Waals surface area contributed by atoms with E-state index in [4.69, 9.17) is 0 Å². The van der Waals surface area contributed by atoms with Gasteiger partial charge in [-0.25, -0.2) is 8.42 Å². The monoisotopic (exact) mass is 493 g/mol. The highest BCUT2D eigenvalue weighted by atomic mass is 32.2. The van der Waals surface area contributed by atoms with E-state index >= 15 is 0 Å². The van der Waals surface area contributed by atoms with Crippen molar-refractivity contribution in [1.82, 2.24) is 10.2 Å². The molecule has 0 radical (unpaired) electrons. The van der Waals surface area contributed by atoms with Gasteiger partial charge in [0.2, 0.25) is 11.8 Å². The van der Waals surface area contributed by atoms with E-state index in [1.807, 2.05) is 44.2 Å². The van der Waals surface area contributed by atoms with Crippen LogP contribution in [0.25, 0.3) is 0 Å². The Kier molecular flexibility index (Phi) is 8.30. The largest absolute Gasteiger partial charge is 0.357 e. The van der Waals surface area contributed by atoms with Crippen LogP contribution < -0.4 is 9.62 Å². The average molecular weight is 494 g/mol. The lowest BCUT2D eigenvalue weighted by atomic mass is 10.1. The van der Waals surface area contributed by atoms with Crippen LogP contribution in [0.5, 0.6) is 0 Å². The molecule has 0 spiro atoms. The van der Waals surface area contributed by atoms with Crippen molar-refractivity contribution < 1.29 is 18.0 Å². The smallest absolute Gasteiger partial charge is 0.264 e. The van der Waals surface area contributed by atoms with Gasteiger partial charge in [-0.3, -0.25) is 13.9 Å². The number of nitrogens with one attached hydrogen (secondary N) is 1. The number of aryl methyl sites for hydroxylation is 2. The predicted molar refractivity (Wildman–Crippen MR) is 137 cm³/mol. The standard InChI is InChI=1S/C27H31N3O4S/c1-20-13-15-23(16-14-20)18-29(22(3)27(32)28-4)26(31)19-30(24-10-8-9-21(2)17-24)35(33,34)25-11-6-5-7-12-25/h5-17,22H,18-19H2,1-4H3,(H,28,32)/t22-/m0/s1. The molecule has 8 heteroatoms. The van der Waals surface area contributed by atoms with Gasteiger partial charge in [-0.1, -0.05) is 60.2 Å². The van der Waals surface area contributed by atoms with Crippen molar-refractivity contribution in [1.29, 1.82) is 0 Å². The number of sulfonamides is 1. The molecule has 0 saturated heterocycles. The number of nitrogens with zero attached hydrogens (tertiary/aromatic N) is 2. The van der Waals surface area contributed by atoms with Gasteiger partial charge < -0.3 is 10.2 Å². The van der Waals surface area contributed by atoms with Crippen LogP contribution in [0.2, 0.25) is 0 Å². The maximum Gasteiger partial charge on any atom is 0.264 e. The number of rotatable bonds is 9. The summed E-state index contributed by atoms with van der Waals surface area (Å²) in [5, 5.41) is 2.58. The van der Waals surface area contributed by atoms with Crippen LogP contribution in [-0.4, -0.2) is 44.8 Å². The van der Waals surface area contributed by atoms with Gasteiger partial charge in [-0.05, 0) is 56.2 Å². The van der Waals surface area contributed by atoms with Gasteiger partial charge in [0.25, 0.3) is 10.0 Å². The maximum absolute atomic E-state index is 13.7. The van der Waals surface area contributed by atoms with Crippen LogP contribution in [0.15, 0.2) is 83.8 Å². The second-order valence-electron chi connectivity index (χ2n) is 8.46. The molecule has 0 saturated carbocycles. The van der Waals surface area contributed by atoms with Gasteiger partial charge in [0.15, 0.2) is 0 Å². The maximum atomic E-state index is 13.7. The molecule has 7 nitrogen and oxygen atoms in total. The number of hydrogen-bond acceptors (Lipinski definition) is 4. The molecule has 3 aromatic carbocycles. The van der Waals surface area contributed by atoms with Crippen molar-refractivity contribution in [2.24, 2.45) is 0 Å². The Morgan fingerprint density at radius 3 is 2.14 bits per heavy atom. The fourth-order valence-corrected chi connectivity index (χ4v) is 5.14. The van der Waals surface area contributed by atoms with Crippen LogP contribution in [0.4, 0.5) is 5.69 Å². The summed E-state index contributed by atoms with van der Waals surface area (Å²) in [5.74, 6) is -0.818. The molecule has 0 heterocycles. The van der Waals surface area contributed by atoms with Gasteiger partial charge in [-0.15, -0.1) is 0 Å². The molecule has 3 rings (SSSR count). The van der Waals surface area contributed by atoms with Crippen LogP contribution in [0.3, 0.4) is 0 Å². The average Bonchev–Trinajstić information content (AvgIpc) is 2.86. The zero-order valence-electron chi connectivity index (χ0n) is 20.4. The summed E-state index contributed by atoms with van der Waals surface area (Å²) in [7, 11) is -2.54. The Balaban J connectivity index is 2.01. The fourth-order valence-electron chi connectivity index (χ4n) is 3.71. The molecule has 0 fully saturated rings. The van der Waals surface area contributed by atoms with E-state index in [0.29, 0.717) is 5.69 Å². The molecule has 0 aliphatic rings. The number of carbonyl (C=O) groups excluding carboxylic acids is 2. The first-order valence-electron chi connectivity index (χ1n) is 11.3. The number of hydrogen-bond donors (Lipinski definition) is 1. The number of amides is 2. The number of likely N-dealkylation sites (N-methyl/N-ethyl adjacent to an activating group) is 1. The Hall–Kier alpha value is -3.65. The lowest BCUT2D eigenvalue weighted by molar-refractivity contribution is -0.139. The van der Waals surface area contributed by atoms with E-state index in [9.17, 15) is 18.0 Å². The lowest BCUT2D eigenvalue weighted by Crippen LogP contribution is -2.50. The summed E-state index contributed by atoms with van der Waals surface area (Å²) in [6.07, 6.45) is 0.